The molecule has 1 N–H and O–H groups in total. The number of hydrogen-bond acceptors (Lipinski definition) is 2. The molecule has 0 rings (SSSR count). The summed E-state index contributed by atoms with van der Waals surface area (Å²) >= 11 is 0. The molecule has 0 bridgehead atoms. The number of aliphatic hydroxyl groups excluding tert-OH is 1. The lowest BCUT2D eigenvalue weighted by Gasteiger charge is -2.19. The van der Waals surface area contributed by atoms with Gasteiger partial charge in [0, 0.05) is 0 Å². The van der Waals surface area contributed by atoms with Crippen LogP contribution in [0, 0.1) is 11.8 Å². The molecular weight excluding hydrogens is 128 g/mol. The summed E-state index contributed by atoms with van der Waals surface area (Å²) < 4.78 is 0. The van der Waals surface area contributed by atoms with Crippen LogP contribution in [0.15, 0.2) is 0 Å². The number of aliphatic hydroxyl groups is 1. The maximum atomic E-state index is 10.1. The van der Waals surface area contributed by atoms with Gasteiger partial charge < -0.3 is 9.90 Å². The van der Waals surface area contributed by atoms with Gasteiger partial charge in [0.15, 0.2) is 0 Å². The monoisotopic (exact) mass is 144 g/mol. The van der Waals surface area contributed by atoms with Gasteiger partial charge in [0.25, 0.3) is 0 Å². The predicted octanol–water partition coefficient (Wildman–Crippen LogP) is 1.23. The zero-order chi connectivity index (χ0) is 8.15. The minimum atomic E-state index is -0.782. The van der Waals surface area contributed by atoms with E-state index in [4.69, 9.17) is 5.11 Å². The highest BCUT2D eigenvalue weighted by Crippen LogP contribution is 2.16. The minimum absolute atomic E-state index is 0.0856. The Morgan fingerprint density at radius 2 is 2.00 bits per heavy atom. The molecule has 0 aliphatic carbocycles. The first-order valence-electron chi connectivity index (χ1n) is 3.76. The fraction of sp³-hybridized carbons (Fsp3) is 0.875. The Labute approximate surface area is 62.2 Å². The van der Waals surface area contributed by atoms with Crippen LogP contribution in [0.25, 0.3) is 0 Å². The van der Waals surface area contributed by atoms with Crippen molar-refractivity contribution in [2.75, 3.05) is 0 Å². The highest BCUT2D eigenvalue weighted by molar-refractivity contribution is 5.55. The van der Waals surface area contributed by atoms with Gasteiger partial charge in [-0.05, 0) is 11.8 Å². The molecule has 0 aliphatic rings. The zero-order valence-electron chi connectivity index (χ0n) is 6.87. The molecule has 3 unspecified atom stereocenters. The van der Waals surface area contributed by atoms with Gasteiger partial charge in [0.05, 0.1) is 0 Å². The number of carbonyl (C=O) groups is 1. The van der Waals surface area contributed by atoms with Gasteiger partial charge >= 0.3 is 0 Å². The van der Waals surface area contributed by atoms with Gasteiger partial charge in [-0.15, -0.1) is 0 Å². The molecule has 0 fully saturated rings. The second-order valence-corrected chi connectivity index (χ2v) is 2.87. The molecule has 60 valence electrons. The summed E-state index contributed by atoms with van der Waals surface area (Å²) in [6.45, 7) is 5.99. The highest BCUT2D eigenvalue weighted by Gasteiger charge is 2.17. The second-order valence-electron chi connectivity index (χ2n) is 2.87. The van der Waals surface area contributed by atoms with E-state index in [0.29, 0.717) is 12.2 Å². The third-order valence-corrected chi connectivity index (χ3v) is 2.22. The van der Waals surface area contributed by atoms with E-state index < -0.39 is 6.10 Å². The van der Waals surface area contributed by atoms with E-state index >= 15 is 0 Å². The lowest BCUT2D eigenvalue weighted by Crippen LogP contribution is -2.24. The van der Waals surface area contributed by atoms with E-state index in [9.17, 15) is 4.79 Å². The summed E-state index contributed by atoms with van der Waals surface area (Å²) in [6, 6.07) is 0. The molecule has 0 aromatic heterocycles. The van der Waals surface area contributed by atoms with Crippen LogP contribution >= 0.6 is 0 Å². The number of carbonyl (C=O) groups excluding carboxylic acids is 1. The molecule has 0 aromatic rings. The van der Waals surface area contributed by atoms with E-state index in [-0.39, 0.29) is 5.92 Å². The summed E-state index contributed by atoms with van der Waals surface area (Å²) in [6.07, 6.45) is 0.832. The Kier molecular flexibility index (Phi) is 4.28. The Bertz CT molecular complexity index is 101. The smallest absolute Gasteiger partial charge is 0.148 e. The van der Waals surface area contributed by atoms with Gasteiger partial charge in [-0.2, -0.15) is 0 Å². The average molecular weight is 144 g/mol. The zero-order valence-corrected chi connectivity index (χ0v) is 6.87. The van der Waals surface area contributed by atoms with Crippen LogP contribution in [0.4, 0.5) is 0 Å². The predicted molar refractivity (Wildman–Crippen MR) is 40.7 cm³/mol. The number of aldehydes is 1. The van der Waals surface area contributed by atoms with Crippen LogP contribution in [-0.2, 0) is 4.79 Å². The van der Waals surface area contributed by atoms with Gasteiger partial charge in [-0.3, -0.25) is 0 Å². The Morgan fingerprint density at radius 3 is 2.30 bits per heavy atom. The second kappa shape index (κ2) is 4.45. The largest absolute Gasteiger partial charge is 0.385 e. The van der Waals surface area contributed by atoms with Crippen LogP contribution in [0.2, 0.25) is 0 Å². The Hall–Kier alpha value is -0.370. The third-order valence-electron chi connectivity index (χ3n) is 2.22. The normalized spacial score (nSPS) is 19.6. The van der Waals surface area contributed by atoms with Crippen molar-refractivity contribution in [2.24, 2.45) is 11.8 Å². The summed E-state index contributed by atoms with van der Waals surface area (Å²) in [7, 11) is 0. The molecule has 0 saturated carbocycles. The van der Waals surface area contributed by atoms with Crippen molar-refractivity contribution in [3.05, 3.63) is 0 Å². The molecule has 0 amide bonds. The molecule has 2 heteroatoms. The Morgan fingerprint density at radius 1 is 1.50 bits per heavy atom. The van der Waals surface area contributed by atoms with Crippen molar-refractivity contribution in [2.45, 2.75) is 33.3 Å². The standard InChI is InChI=1S/C8H16O2/c1-4-6(2)7(3)8(10)5-9/h5-8,10H,4H2,1-3H3. The van der Waals surface area contributed by atoms with Gasteiger partial charge in [0.2, 0.25) is 0 Å². The topological polar surface area (TPSA) is 37.3 Å². The van der Waals surface area contributed by atoms with E-state index in [1.807, 2.05) is 13.8 Å². The summed E-state index contributed by atoms with van der Waals surface area (Å²) in [5.41, 5.74) is 0. The SMILES string of the molecule is CCC(C)C(C)C(O)C=O. The van der Waals surface area contributed by atoms with Crippen molar-refractivity contribution < 1.29 is 9.90 Å². The van der Waals surface area contributed by atoms with Crippen LogP contribution in [0.5, 0.6) is 0 Å². The molecule has 0 aliphatic heterocycles. The lowest BCUT2D eigenvalue weighted by atomic mass is 9.89. The Balaban J connectivity index is 3.80. The van der Waals surface area contributed by atoms with E-state index in [1.165, 1.54) is 0 Å². The van der Waals surface area contributed by atoms with Crippen LogP contribution < -0.4 is 0 Å². The molecule has 0 saturated heterocycles. The minimum Gasteiger partial charge on any atom is -0.385 e. The molecule has 0 heterocycles. The molecular formula is C8H16O2. The first kappa shape index (κ1) is 9.63. The van der Waals surface area contributed by atoms with Gasteiger partial charge in [-0.1, -0.05) is 27.2 Å². The molecule has 0 radical (unpaired) electrons. The lowest BCUT2D eigenvalue weighted by molar-refractivity contribution is -0.117. The average Bonchev–Trinajstić information content (AvgIpc) is 2.00. The summed E-state index contributed by atoms with van der Waals surface area (Å²) in [4.78, 5) is 10.1. The summed E-state index contributed by atoms with van der Waals surface area (Å²) in [5.74, 6) is 0.502. The van der Waals surface area contributed by atoms with E-state index in [2.05, 4.69) is 6.92 Å². The fourth-order valence-electron chi connectivity index (χ4n) is 0.832. The fourth-order valence-corrected chi connectivity index (χ4v) is 0.832. The van der Waals surface area contributed by atoms with Crippen LogP contribution in [0.3, 0.4) is 0 Å². The van der Waals surface area contributed by atoms with Gasteiger partial charge in [-0.25, -0.2) is 0 Å². The van der Waals surface area contributed by atoms with Gasteiger partial charge in [0.1, 0.15) is 12.4 Å². The number of hydrogen-bond donors (Lipinski definition) is 1. The molecule has 3 atom stereocenters. The van der Waals surface area contributed by atoms with Crippen molar-refractivity contribution in [3.63, 3.8) is 0 Å². The molecule has 10 heavy (non-hydrogen) atoms. The van der Waals surface area contributed by atoms with E-state index in [0.717, 1.165) is 6.42 Å². The molecule has 2 nitrogen and oxygen atoms in total. The van der Waals surface area contributed by atoms with Crippen molar-refractivity contribution in [1.29, 1.82) is 0 Å². The van der Waals surface area contributed by atoms with Crippen molar-refractivity contribution in [1.82, 2.24) is 0 Å². The first-order valence-corrected chi connectivity index (χ1v) is 3.76. The summed E-state index contributed by atoms with van der Waals surface area (Å²) in [5, 5.41) is 9.06. The van der Waals surface area contributed by atoms with Crippen LogP contribution in [-0.4, -0.2) is 17.5 Å². The quantitative estimate of drug-likeness (QED) is 0.602. The first-order chi connectivity index (χ1) is 4.63. The highest BCUT2D eigenvalue weighted by atomic mass is 16.3. The third kappa shape index (κ3) is 2.48. The molecule has 0 spiro atoms. The van der Waals surface area contributed by atoms with Crippen LogP contribution in [0.1, 0.15) is 27.2 Å². The van der Waals surface area contributed by atoms with E-state index in [1.54, 1.807) is 0 Å². The van der Waals surface area contributed by atoms with Crippen molar-refractivity contribution >= 4 is 6.29 Å². The maximum Gasteiger partial charge on any atom is 0.148 e. The molecule has 0 aromatic carbocycles. The number of rotatable bonds is 4. The van der Waals surface area contributed by atoms with Crippen molar-refractivity contribution in [3.8, 4) is 0 Å². The maximum absolute atomic E-state index is 10.1.